The summed E-state index contributed by atoms with van der Waals surface area (Å²) in [6, 6.07) is 10.2. The van der Waals surface area contributed by atoms with Crippen LogP contribution in [-0.4, -0.2) is 69.9 Å². The maximum Gasteiger partial charge on any atom is 0.232 e. The Hall–Kier alpha value is -2.62. The monoisotopic (exact) mass is 495 g/mol. The lowest BCUT2D eigenvalue weighted by atomic mass is 10.2. The first-order valence-corrected chi connectivity index (χ1v) is 13.3. The van der Waals surface area contributed by atoms with Gasteiger partial charge in [-0.3, -0.25) is 9.36 Å². The molecule has 2 aromatic heterocycles. The third-order valence-corrected chi connectivity index (χ3v) is 7.81. The van der Waals surface area contributed by atoms with Crippen molar-refractivity contribution in [3.05, 3.63) is 52.8 Å². The number of aromatic nitrogens is 4. The predicted molar refractivity (Wildman–Crippen MR) is 137 cm³/mol. The minimum absolute atomic E-state index is 0.106. The Balaban J connectivity index is 1.37. The molecule has 2 saturated heterocycles. The minimum Gasteiger partial charge on any atom is -0.378 e. The quantitative estimate of drug-likeness (QED) is 0.346. The van der Waals surface area contributed by atoms with Crippen LogP contribution < -0.4 is 4.90 Å². The number of carbonyl (C=O) groups is 1. The number of benzene rings is 1. The Morgan fingerprint density at radius 2 is 1.91 bits per heavy atom. The number of hydrogen-bond acceptors (Lipinski definition) is 7. The van der Waals surface area contributed by atoms with Gasteiger partial charge in [-0.25, -0.2) is 0 Å². The molecule has 2 aliphatic rings. The lowest BCUT2D eigenvalue weighted by Gasteiger charge is -2.28. The molecule has 0 radical (unpaired) electrons. The second kappa shape index (κ2) is 10.6. The van der Waals surface area contributed by atoms with E-state index in [1.165, 1.54) is 11.8 Å². The van der Waals surface area contributed by atoms with Gasteiger partial charge in [-0.2, -0.15) is 0 Å². The van der Waals surface area contributed by atoms with Crippen LogP contribution in [0.25, 0.3) is 5.69 Å². The van der Waals surface area contributed by atoms with Crippen LogP contribution in [0.5, 0.6) is 0 Å². The zero-order chi connectivity index (χ0) is 24.4. The highest BCUT2D eigenvalue weighted by Crippen LogP contribution is 2.30. The van der Waals surface area contributed by atoms with Gasteiger partial charge < -0.3 is 18.9 Å². The van der Waals surface area contributed by atoms with E-state index in [1.54, 1.807) is 0 Å². The molecule has 5 rings (SSSR count). The van der Waals surface area contributed by atoms with Crippen LogP contribution in [0.4, 0.5) is 5.95 Å². The van der Waals surface area contributed by atoms with Crippen LogP contribution in [0.15, 0.2) is 35.5 Å². The van der Waals surface area contributed by atoms with E-state index >= 15 is 0 Å². The van der Waals surface area contributed by atoms with Gasteiger partial charge in [-0.1, -0.05) is 30.0 Å². The van der Waals surface area contributed by atoms with Crippen molar-refractivity contribution in [1.82, 2.24) is 19.3 Å². The normalized spacial score (nSPS) is 18.4. The number of ketones is 1. The molecular formula is C26H33N5O3S. The number of Topliss-reactive ketones (excluding diaryl/α,β-unsaturated/α-hetero) is 1. The Morgan fingerprint density at radius 3 is 2.66 bits per heavy atom. The van der Waals surface area contributed by atoms with E-state index in [2.05, 4.69) is 50.2 Å². The van der Waals surface area contributed by atoms with Crippen LogP contribution in [0.3, 0.4) is 0 Å². The summed E-state index contributed by atoms with van der Waals surface area (Å²) >= 11 is 1.44. The van der Waals surface area contributed by atoms with Crippen molar-refractivity contribution in [1.29, 1.82) is 0 Å². The molecule has 2 fully saturated rings. The molecule has 35 heavy (non-hydrogen) atoms. The van der Waals surface area contributed by atoms with Crippen molar-refractivity contribution in [2.24, 2.45) is 0 Å². The molecule has 3 aromatic rings. The molecule has 0 unspecified atom stereocenters. The maximum absolute atomic E-state index is 13.3. The van der Waals surface area contributed by atoms with Gasteiger partial charge in [0.15, 0.2) is 10.9 Å². The largest absolute Gasteiger partial charge is 0.378 e. The zero-order valence-corrected chi connectivity index (χ0v) is 21.5. The second-order valence-corrected chi connectivity index (χ2v) is 10.2. The Labute approximate surface area is 210 Å². The fourth-order valence-corrected chi connectivity index (χ4v) is 5.74. The van der Waals surface area contributed by atoms with Crippen LogP contribution in [0.2, 0.25) is 0 Å². The van der Waals surface area contributed by atoms with Gasteiger partial charge in [0.05, 0.1) is 30.8 Å². The van der Waals surface area contributed by atoms with Gasteiger partial charge in [0, 0.05) is 43.2 Å². The summed E-state index contributed by atoms with van der Waals surface area (Å²) in [4.78, 5) is 15.5. The lowest BCUT2D eigenvalue weighted by molar-refractivity contribution is 0.0957. The fourth-order valence-electron chi connectivity index (χ4n) is 4.91. The molecule has 4 heterocycles. The van der Waals surface area contributed by atoms with Gasteiger partial charge >= 0.3 is 0 Å². The first-order chi connectivity index (χ1) is 17.0. The SMILES string of the molecule is Cc1ccccc1-n1c(SCC(=O)c2cc(C)n(C[C@@H]3CCCO3)c2C)nnc1N1CCOCC1. The molecule has 0 N–H and O–H groups in total. The Bertz CT molecular complexity index is 1190. The molecule has 0 bridgehead atoms. The molecule has 9 heteroatoms. The van der Waals surface area contributed by atoms with Crippen molar-refractivity contribution >= 4 is 23.5 Å². The van der Waals surface area contributed by atoms with Gasteiger partial charge in [0.1, 0.15) is 0 Å². The molecule has 186 valence electrons. The first-order valence-electron chi connectivity index (χ1n) is 12.3. The summed E-state index contributed by atoms with van der Waals surface area (Å²) in [5.41, 5.74) is 5.06. The lowest BCUT2D eigenvalue weighted by Crippen LogP contribution is -2.38. The zero-order valence-electron chi connectivity index (χ0n) is 20.7. The number of rotatable bonds is 8. The third-order valence-electron chi connectivity index (χ3n) is 6.88. The summed E-state index contributed by atoms with van der Waals surface area (Å²) in [6.45, 7) is 10.7. The van der Waals surface area contributed by atoms with Gasteiger partial charge in [0.2, 0.25) is 5.95 Å². The molecule has 1 aromatic carbocycles. The number of para-hydroxylation sites is 1. The number of nitrogens with zero attached hydrogens (tertiary/aromatic N) is 5. The summed E-state index contributed by atoms with van der Waals surface area (Å²) < 4.78 is 15.7. The van der Waals surface area contributed by atoms with Crippen molar-refractivity contribution in [3.8, 4) is 5.69 Å². The van der Waals surface area contributed by atoms with Crippen molar-refractivity contribution < 1.29 is 14.3 Å². The third kappa shape index (κ3) is 5.03. The van der Waals surface area contributed by atoms with E-state index in [0.29, 0.717) is 19.0 Å². The van der Waals surface area contributed by atoms with Crippen molar-refractivity contribution in [2.75, 3.05) is 43.6 Å². The molecule has 0 spiro atoms. The summed E-state index contributed by atoms with van der Waals surface area (Å²) in [5.74, 6) is 1.21. The van der Waals surface area contributed by atoms with E-state index in [1.807, 2.05) is 25.1 Å². The fraction of sp³-hybridized carbons (Fsp3) is 0.500. The molecule has 8 nitrogen and oxygen atoms in total. The number of anilines is 1. The Kier molecular flexibility index (Phi) is 7.27. The van der Waals surface area contributed by atoms with Crippen LogP contribution in [0.1, 0.15) is 40.2 Å². The highest BCUT2D eigenvalue weighted by Gasteiger charge is 2.25. The van der Waals surface area contributed by atoms with E-state index in [0.717, 1.165) is 78.4 Å². The molecule has 0 aliphatic carbocycles. The van der Waals surface area contributed by atoms with Gasteiger partial charge in [-0.05, 0) is 51.3 Å². The number of ether oxygens (including phenoxy) is 2. The number of aryl methyl sites for hydroxylation is 2. The number of carbonyl (C=O) groups excluding carboxylic acids is 1. The Morgan fingerprint density at radius 1 is 1.11 bits per heavy atom. The van der Waals surface area contributed by atoms with Crippen molar-refractivity contribution in [2.45, 2.75) is 51.4 Å². The molecule has 0 saturated carbocycles. The highest BCUT2D eigenvalue weighted by molar-refractivity contribution is 7.99. The minimum atomic E-state index is 0.106. The first kappa shape index (κ1) is 24.1. The van der Waals surface area contributed by atoms with E-state index in [4.69, 9.17) is 9.47 Å². The average Bonchev–Trinajstić information content (AvgIpc) is 3.60. The molecule has 1 atom stereocenters. The van der Waals surface area contributed by atoms with E-state index < -0.39 is 0 Å². The predicted octanol–water partition coefficient (Wildman–Crippen LogP) is 3.98. The van der Waals surface area contributed by atoms with Gasteiger partial charge in [-0.15, -0.1) is 10.2 Å². The standard InChI is InChI=1S/C26H33N5O3S/c1-18-7-4-5-9-23(18)31-25(29-10-13-33-14-11-29)27-28-26(31)35-17-24(32)22-15-19(2)30(20(22)3)16-21-8-6-12-34-21/h4-5,7,9,15,21H,6,8,10-14,16-17H2,1-3H3/t21-/m0/s1. The summed E-state index contributed by atoms with van der Waals surface area (Å²) in [5, 5.41) is 9.77. The van der Waals surface area contributed by atoms with Crippen LogP contribution >= 0.6 is 11.8 Å². The highest BCUT2D eigenvalue weighted by atomic mass is 32.2. The molecular weight excluding hydrogens is 462 g/mol. The van der Waals surface area contributed by atoms with Crippen LogP contribution in [-0.2, 0) is 16.0 Å². The van der Waals surface area contributed by atoms with E-state index in [-0.39, 0.29) is 11.9 Å². The molecule has 2 aliphatic heterocycles. The topological polar surface area (TPSA) is 74.4 Å². The van der Waals surface area contributed by atoms with Gasteiger partial charge in [0.25, 0.3) is 0 Å². The number of morpholine rings is 1. The summed E-state index contributed by atoms with van der Waals surface area (Å²) in [6.07, 6.45) is 2.43. The maximum atomic E-state index is 13.3. The smallest absolute Gasteiger partial charge is 0.232 e. The van der Waals surface area contributed by atoms with E-state index in [9.17, 15) is 4.79 Å². The summed E-state index contributed by atoms with van der Waals surface area (Å²) in [7, 11) is 0. The number of thioether (sulfide) groups is 1. The number of hydrogen-bond donors (Lipinski definition) is 0. The van der Waals surface area contributed by atoms with Crippen LogP contribution in [0, 0.1) is 20.8 Å². The van der Waals surface area contributed by atoms with Crippen molar-refractivity contribution in [3.63, 3.8) is 0 Å². The molecule has 0 amide bonds. The second-order valence-electron chi connectivity index (χ2n) is 9.25. The average molecular weight is 496 g/mol.